The van der Waals surface area contributed by atoms with Crippen LogP contribution >= 0.6 is 0 Å². The average molecular weight is 446 g/mol. The number of amides is 2. The van der Waals surface area contributed by atoms with Gasteiger partial charge in [-0.15, -0.1) is 0 Å². The summed E-state index contributed by atoms with van der Waals surface area (Å²) in [6, 6.07) is 18.5. The standard InChI is InChI=1S/C26H27N3O4/c1-32-20-9-5-8-19(13-20)26(31)29-16-22(21-10-3-4-11-24(21)33-2)23(17-29)25(30)28-15-18-7-6-12-27-14-18/h3-14,22-23H,15-17H2,1-2H3,(H,28,30). The van der Waals surface area contributed by atoms with Crippen molar-refractivity contribution < 1.29 is 19.1 Å². The molecule has 2 aromatic carbocycles. The maximum absolute atomic E-state index is 13.3. The SMILES string of the molecule is COc1cccc(C(=O)N2CC(C(=O)NCc3cccnc3)C(c3ccccc3OC)C2)c1. The second-order valence-electron chi connectivity index (χ2n) is 7.98. The summed E-state index contributed by atoms with van der Waals surface area (Å²) < 4.78 is 10.8. The van der Waals surface area contributed by atoms with Crippen LogP contribution in [0.2, 0.25) is 0 Å². The maximum Gasteiger partial charge on any atom is 0.254 e. The monoisotopic (exact) mass is 445 g/mol. The number of carbonyl (C=O) groups excluding carboxylic acids is 2. The molecule has 1 saturated heterocycles. The van der Waals surface area contributed by atoms with Crippen molar-refractivity contribution in [2.45, 2.75) is 12.5 Å². The third kappa shape index (κ3) is 4.98. The van der Waals surface area contributed by atoms with E-state index in [2.05, 4.69) is 10.3 Å². The van der Waals surface area contributed by atoms with Crippen LogP contribution in [0.5, 0.6) is 11.5 Å². The third-order valence-electron chi connectivity index (χ3n) is 5.99. The summed E-state index contributed by atoms with van der Waals surface area (Å²) in [7, 11) is 3.18. The molecule has 0 saturated carbocycles. The highest BCUT2D eigenvalue weighted by Gasteiger charge is 2.41. The van der Waals surface area contributed by atoms with Gasteiger partial charge < -0.3 is 19.7 Å². The van der Waals surface area contributed by atoms with E-state index in [1.807, 2.05) is 36.4 Å². The van der Waals surface area contributed by atoms with Gasteiger partial charge in [0.05, 0.1) is 20.1 Å². The molecular weight excluding hydrogens is 418 g/mol. The first-order valence-electron chi connectivity index (χ1n) is 10.8. The number of para-hydroxylation sites is 1. The van der Waals surface area contributed by atoms with E-state index in [0.717, 1.165) is 11.1 Å². The fourth-order valence-corrected chi connectivity index (χ4v) is 4.28. The van der Waals surface area contributed by atoms with Crippen LogP contribution in [-0.2, 0) is 11.3 Å². The van der Waals surface area contributed by atoms with E-state index in [4.69, 9.17) is 9.47 Å². The largest absolute Gasteiger partial charge is 0.497 e. The highest BCUT2D eigenvalue weighted by atomic mass is 16.5. The summed E-state index contributed by atoms with van der Waals surface area (Å²) in [5.74, 6) is 0.500. The minimum atomic E-state index is -0.410. The first-order valence-corrected chi connectivity index (χ1v) is 10.8. The summed E-state index contributed by atoms with van der Waals surface area (Å²) in [6.45, 7) is 1.12. The number of methoxy groups -OCH3 is 2. The van der Waals surface area contributed by atoms with Crippen LogP contribution < -0.4 is 14.8 Å². The molecule has 7 nitrogen and oxygen atoms in total. The molecule has 33 heavy (non-hydrogen) atoms. The fourth-order valence-electron chi connectivity index (χ4n) is 4.28. The first-order chi connectivity index (χ1) is 16.1. The van der Waals surface area contributed by atoms with Crippen molar-refractivity contribution in [2.24, 2.45) is 5.92 Å². The van der Waals surface area contributed by atoms with Gasteiger partial charge in [0.25, 0.3) is 5.91 Å². The molecular formula is C26H27N3O4. The molecule has 2 atom stereocenters. The molecule has 4 rings (SSSR count). The number of ether oxygens (including phenoxy) is 2. The molecule has 7 heteroatoms. The van der Waals surface area contributed by atoms with Crippen molar-refractivity contribution in [3.05, 3.63) is 89.7 Å². The Morgan fingerprint density at radius 1 is 1.03 bits per heavy atom. The highest BCUT2D eigenvalue weighted by molar-refractivity contribution is 5.95. The molecule has 170 valence electrons. The second-order valence-corrected chi connectivity index (χ2v) is 7.98. The predicted molar refractivity (Wildman–Crippen MR) is 124 cm³/mol. The molecule has 2 heterocycles. The van der Waals surface area contributed by atoms with Gasteiger partial charge in [-0.25, -0.2) is 0 Å². The number of aromatic nitrogens is 1. The van der Waals surface area contributed by atoms with E-state index in [9.17, 15) is 9.59 Å². The molecule has 1 aliphatic rings. The Labute approximate surface area is 193 Å². The van der Waals surface area contributed by atoms with Crippen LogP contribution in [0.4, 0.5) is 0 Å². The highest BCUT2D eigenvalue weighted by Crippen LogP contribution is 2.38. The van der Waals surface area contributed by atoms with Crippen molar-refractivity contribution in [1.82, 2.24) is 15.2 Å². The van der Waals surface area contributed by atoms with Gasteiger partial charge in [0.15, 0.2) is 0 Å². The molecule has 1 aromatic heterocycles. The lowest BCUT2D eigenvalue weighted by atomic mass is 9.87. The van der Waals surface area contributed by atoms with Crippen LogP contribution in [0.15, 0.2) is 73.1 Å². The smallest absolute Gasteiger partial charge is 0.254 e. The van der Waals surface area contributed by atoms with Crippen molar-refractivity contribution in [2.75, 3.05) is 27.3 Å². The minimum Gasteiger partial charge on any atom is -0.497 e. The zero-order chi connectivity index (χ0) is 23.2. The van der Waals surface area contributed by atoms with Crippen molar-refractivity contribution in [1.29, 1.82) is 0 Å². The normalized spacial score (nSPS) is 17.5. The molecule has 0 aliphatic carbocycles. The Morgan fingerprint density at radius 3 is 2.64 bits per heavy atom. The summed E-state index contributed by atoms with van der Waals surface area (Å²) in [6.07, 6.45) is 3.42. The lowest BCUT2D eigenvalue weighted by Crippen LogP contribution is -2.35. The van der Waals surface area contributed by atoms with E-state index in [1.165, 1.54) is 0 Å². The minimum absolute atomic E-state index is 0.101. The molecule has 3 aromatic rings. The Morgan fingerprint density at radius 2 is 1.88 bits per heavy atom. The van der Waals surface area contributed by atoms with E-state index in [1.54, 1.807) is 55.8 Å². The summed E-state index contributed by atoms with van der Waals surface area (Å²) in [5.41, 5.74) is 2.37. The summed E-state index contributed by atoms with van der Waals surface area (Å²) >= 11 is 0. The third-order valence-corrected chi connectivity index (χ3v) is 5.99. The van der Waals surface area contributed by atoms with Crippen LogP contribution in [0, 0.1) is 5.92 Å². The molecule has 0 radical (unpaired) electrons. The van der Waals surface area contributed by atoms with Gasteiger partial charge in [0.2, 0.25) is 5.91 Å². The molecule has 1 aliphatic heterocycles. The summed E-state index contributed by atoms with van der Waals surface area (Å²) in [5, 5.41) is 3.02. The zero-order valence-electron chi connectivity index (χ0n) is 18.7. The van der Waals surface area contributed by atoms with Gasteiger partial charge in [-0.3, -0.25) is 14.6 Å². The summed E-state index contributed by atoms with van der Waals surface area (Å²) in [4.78, 5) is 32.4. The van der Waals surface area contributed by atoms with Gasteiger partial charge in [0, 0.05) is 43.5 Å². The maximum atomic E-state index is 13.3. The average Bonchev–Trinajstić information content (AvgIpc) is 3.33. The topological polar surface area (TPSA) is 80.8 Å². The number of pyridine rings is 1. The molecule has 1 N–H and O–H groups in total. The van der Waals surface area contributed by atoms with E-state index < -0.39 is 5.92 Å². The number of hydrogen-bond donors (Lipinski definition) is 1. The number of carbonyl (C=O) groups is 2. The second kappa shape index (κ2) is 10.2. The Hall–Kier alpha value is -3.87. The lowest BCUT2D eigenvalue weighted by Gasteiger charge is -2.20. The number of benzene rings is 2. The van der Waals surface area contributed by atoms with Gasteiger partial charge in [-0.2, -0.15) is 0 Å². The Kier molecular flexibility index (Phi) is 6.88. The predicted octanol–water partition coefficient (Wildman–Crippen LogP) is 3.27. The first kappa shape index (κ1) is 22.3. The number of hydrogen-bond acceptors (Lipinski definition) is 5. The Bertz CT molecular complexity index is 1120. The van der Waals surface area contributed by atoms with Gasteiger partial charge in [-0.1, -0.05) is 30.3 Å². The zero-order valence-corrected chi connectivity index (χ0v) is 18.7. The van der Waals surface area contributed by atoms with Crippen molar-refractivity contribution >= 4 is 11.8 Å². The number of nitrogens with one attached hydrogen (secondary N) is 1. The molecule has 1 fully saturated rings. The van der Waals surface area contributed by atoms with Gasteiger partial charge in [-0.05, 0) is 41.5 Å². The van der Waals surface area contributed by atoms with Crippen LogP contribution in [-0.4, -0.2) is 49.0 Å². The van der Waals surface area contributed by atoms with Crippen LogP contribution in [0.1, 0.15) is 27.4 Å². The Balaban J connectivity index is 1.59. The molecule has 2 unspecified atom stereocenters. The van der Waals surface area contributed by atoms with Gasteiger partial charge in [0.1, 0.15) is 11.5 Å². The molecule has 0 spiro atoms. The number of rotatable bonds is 7. The molecule has 0 bridgehead atoms. The fraction of sp³-hybridized carbons (Fsp3) is 0.269. The van der Waals surface area contributed by atoms with Crippen LogP contribution in [0.25, 0.3) is 0 Å². The number of nitrogens with zero attached hydrogens (tertiary/aromatic N) is 2. The molecule has 2 amide bonds. The van der Waals surface area contributed by atoms with Crippen LogP contribution in [0.3, 0.4) is 0 Å². The number of likely N-dealkylation sites (tertiary alicyclic amines) is 1. The quantitative estimate of drug-likeness (QED) is 0.604. The van der Waals surface area contributed by atoms with E-state index in [0.29, 0.717) is 36.7 Å². The van der Waals surface area contributed by atoms with Crippen molar-refractivity contribution in [3.63, 3.8) is 0 Å². The van der Waals surface area contributed by atoms with E-state index >= 15 is 0 Å². The van der Waals surface area contributed by atoms with Gasteiger partial charge >= 0.3 is 0 Å². The van der Waals surface area contributed by atoms with E-state index in [-0.39, 0.29) is 17.7 Å². The van der Waals surface area contributed by atoms with Crippen molar-refractivity contribution in [3.8, 4) is 11.5 Å². The lowest BCUT2D eigenvalue weighted by molar-refractivity contribution is -0.125.